The molecule has 6 nitrogen and oxygen atoms in total. The molecule has 0 fully saturated rings. The molecule has 20 heavy (non-hydrogen) atoms. The van der Waals surface area contributed by atoms with Gasteiger partial charge in [-0.25, -0.2) is 4.98 Å². The molecule has 104 valence electrons. The second kappa shape index (κ2) is 5.79. The van der Waals surface area contributed by atoms with Crippen LogP contribution >= 0.6 is 11.3 Å². The first kappa shape index (κ1) is 14.1. The van der Waals surface area contributed by atoms with Crippen molar-refractivity contribution >= 4 is 23.0 Å². The third kappa shape index (κ3) is 3.39. The second-order valence-corrected chi connectivity index (χ2v) is 5.46. The van der Waals surface area contributed by atoms with Crippen LogP contribution in [-0.4, -0.2) is 21.0 Å². The Hall–Kier alpha value is -2.28. The van der Waals surface area contributed by atoms with Crippen molar-refractivity contribution in [3.63, 3.8) is 0 Å². The maximum absolute atomic E-state index is 10.7. The number of aryl methyl sites for hydroxylation is 1. The predicted octanol–water partition coefficient (Wildman–Crippen LogP) is 2.58. The molecule has 1 aromatic carbocycles. The summed E-state index contributed by atoms with van der Waals surface area (Å²) in [6.07, 6.45) is 0.422. The number of nitrogens with zero attached hydrogens (tertiary/aromatic N) is 2. The molecule has 7 heteroatoms. The minimum Gasteiger partial charge on any atom is -0.481 e. The lowest BCUT2D eigenvalue weighted by Gasteiger charge is -1.99. The highest BCUT2D eigenvalue weighted by molar-refractivity contribution is 7.11. The van der Waals surface area contributed by atoms with E-state index in [1.807, 2.05) is 13.0 Å². The fourth-order valence-electron chi connectivity index (χ4n) is 1.82. The Balaban J connectivity index is 2.21. The second-order valence-electron chi connectivity index (χ2n) is 4.29. The fraction of sp³-hybridized carbons (Fsp3) is 0.231. The molecule has 0 radical (unpaired) electrons. The number of benzene rings is 1. The molecule has 0 unspecified atom stereocenters. The summed E-state index contributed by atoms with van der Waals surface area (Å²) >= 11 is 1.34. The van der Waals surface area contributed by atoms with Gasteiger partial charge in [0.2, 0.25) is 0 Å². The smallest absolute Gasteiger partial charge is 0.310 e. The first-order chi connectivity index (χ1) is 9.45. The lowest BCUT2D eigenvalue weighted by atomic mass is 10.1. The molecule has 2 rings (SSSR count). The molecular weight excluding hydrogens is 280 g/mol. The Morgan fingerprint density at radius 3 is 2.90 bits per heavy atom. The van der Waals surface area contributed by atoms with E-state index in [2.05, 4.69) is 4.98 Å². The molecule has 0 bridgehead atoms. The Bertz CT molecular complexity index is 666. The highest BCUT2D eigenvalue weighted by Crippen LogP contribution is 2.23. The van der Waals surface area contributed by atoms with E-state index in [0.29, 0.717) is 11.4 Å². The summed E-state index contributed by atoms with van der Waals surface area (Å²) in [7, 11) is 0. The molecule has 0 saturated carbocycles. The van der Waals surface area contributed by atoms with Crippen LogP contribution in [0.1, 0.15) is 21.1 Å². The summed E-state index contributed by atoms with van der Waals surface area (Å²) in [6.45, 7) is 1.81. The van der Waals surface area contributed by atoms with Crippen molar-refractivity contribution in [3.8, 4) is 0 Å². The predicted molar refractivity (Wildman–Crippen MR) is 74.1 cm³/mol. The summed E-state index contributed by atoms with van der Waals surface area (Å²) < 4.78 is 0. The molecule has 2 aromatic rings. The first-order valence-electron chi connectivity index (χ1n) is 5.86. The molecule has 0 aliphatic rings. The van der Waals surface area contributed by atoms with E-state index in [0.717, 1.165) is 16.1 Å². The monoisotopic (exact) mass is 292 g/mol. The van der Waals surface area contributed by atoms with Crippen molar-refractivity contribution in [1.82, 2.24) is 4.98 Å². The molecule has 1 heterocycles. The minimum absolute atomic E-state index is 0.0513. The van der Waals surface area contributed by atoms with Gasteiger partial charge in [-0.1, -0.05) is 12.1 Å². The Labute approximate surface area is 118 Å². The number of aromatic nitrogens is 1. The zero-order valence-corrected chi connectivity index (χ0v) is 11.5. The highest BCUT2D eigenvalue weighted by atomic mass is 32.1. The van der Waals surface area contributed by atoms with Crippen molar-refractivity contribution in [3.05, 3.63) is 55.5 Å². The molecule has 1 N–H and O–H groups in total. The summed E-state index contributed by atoms with van der Waals surface area (Å²) in [5, 5.41) is 20.0. The zero-order chi connectivity index (χ0) is 14.7. The SMILES string of the molecule is Cc1nc(CC(=O)O)sc1Cc1cccc([N+](=O)[O-])c1. The quantitative estimate of drug-likeness (QED) is 0.675. The number of thiazole rings is 1. The molecule has 0 aliphatic carbocycles. The molecule has 0 aliphatic heterocycles. The maximum atomic E-state index is 10.7. The maximum Gasteiger partial charge on any atom is 0.310 e. The number of hydrogen-bond donors (Lipinski definition) is 1. The van der Waals surface area contributed by atoms with Gasteiger partial charge in [0.25, 0.3) is 5.69 Å². The number of hydrogen-bond acceptors (Lipinski definition) is 5. The van der Waals surface area contributed by atoms with Crippen LogP contribution in [0.3, 0.4) is 0 Å². The number of nitro groups is 1. The van der Waals surface area contributed by atoms with Crippen molar-refractivity contribution in [2.24, 2.45) is 0 Å². The van der Waals surface area contributed by atoms with Gasteiger partial charge in [-0.2, -0.15) is 0 Å². The summed E-state index contributed by atoms with van der Waals surface area (Å²) in [5.74, 6) is -0.916. The molecule has 0 atom stereocenters. The number of non-ortho nitro benzene ring substituents is 1. The summed E-state index contributed by atoms with van der Waals surface area (Å²) in [5.41, 5.74) is 1.64. The zero-order valence-electron chi connectivity index (χ0n) is 10.7. The van der Waals surface area contributed by atoms with E-state index in [1.54, 1.807) is 6.07 Å². The van der Waals surface area contributed by atoms with Crippen LogP contribution in [-0.2, 0) is 17.6 Å². The van der Waals surface area contributed by atoms with Crippen LogP contribution in [0, 0.1) is 17.0 Å². The number of carbonyl (C=O) groups is 1. The van der Waals surface area contributed by atoms with Gasteiger partial charge in [0, 0.05) is 23.4 Å². The number of aliphatic carboxylic acids is 1. The highest BCUT2D eigenvalue weighted by Gasteiger charge is 2.12. The standard InChI is InChI=1S/C13H12N2O4S/c1-8-11(20-12(14-8)7-13(16)17)6-9-3-2-4-10(5-9)15(18)19/h2-5H,6-7H2,1H3,(H,16,17). The molecule has 0 spiro atoms. The lowest BCUT2D eigenvalue weighted by Crippen LogP contribution is -1.98. The van der Waals surface area contributed by atoms with Gasteiger partial charge >= 0.3 is 5.97 Å². The van der Waals surface area contributed by atoms with Crippen LogP contribution in [0.2, 0.25) is 0 Å². The van der Waals surface area contributed by atoms with Gasteiger partial charge in [0.15, 0.2) is 0 Å². The van der Waals surface area contributed by atoms with Crippen molar-refractivity contribution in [2.45, 2.75) is 19.8 Å². The molecule has 0 amide bonds. The van der Waals surface area contributed by atoms with E-state index in [9.17, 15) is 14.9 Å². The Morgan fingerprint density at radius 2 is 2.25 bits per heavy atom. The van der Waals surface area contributed by atoms with Crippen molar-refractivity contribution < 1.29 is 14.8 Å². The average molecular weight is 292 g/mol. The number of carboxylic acid groups (broad SMARTS) is 1. The third-order valence-corrected chi connectivity index (χ3v) is 3.88. The third-order valence-electron chi connectivity index (χ3n) is 2.73. The fourth-order valence-corrected chi connectivity index (χ4v) is 2.92. The van der Waals surface area contributed by atoms with Gasteiger partial charge in [0.05, 0.1) is 17.0 Å². The van der Waals surface area contributed by atoms with Crippen LogP contribution < -0.4 is 0 Å². The number of nitro benzene ring substituents is 1. The first-order valence-corrected chi connectivity index (χ1v) is 6.67. The van der Waals surface area contributed by atoms with Crippen molar-refractivity contribution in [2.75, 3.05) is 0 Å². The molecular formula is C13H12N2O4S. The lowest BCUT2D eigenvalue weighted by molar-refractivity contribution is -0.384. The van der Waals surface area contributed by atoms with E-state index in [1.165, 1.54) is 23.5 Å². The normalized spacial score (nSPS) is 10.4. The number of rotatable bonds is 5. The minimum atomic E-state index is -0.916. The Morgan fingerprint density at radius 1 is 1.50 bits per heavy atom. The van der Waals surface area contributed by atoms with Gasteiger partial charge < -0.3 is 5.11 Å². The molecule has 0 saturated heterocycles. The van der Waals surface area contributed by atoms with Crippen LogP contribution in [0.5, 0.6) is 0 Å². The largest absolute Gasteiger partial charge is 0.481 e. The van der Waals surface area contributed by atoms with Gasteiger partial charge in [-0.15, -0.1) is 11.3 Å². The van der Waals surface area contributed by atoms with Crippen molar-refractivity contribution in [1.29, 1.82) is 0 Å². The average Bonchev–Trinajstić information content (AvgIpc) is 2.69. The van der Waals surface area contributed by atoms with Gasteiger partial charge in [-0.3, -0.25) is 14.9 Å². The van der Waals surface area contributed by atoms with E-state index in [4.69, 9.17) is 5.11 Å². The van der Waals surface area contributed by atoms with Crippen LogP contribution in [0.4, 0.5) is 5.69 Å². The summed E-state index contributed by atoms with van der Waals surface area (Å²) in [4.78, 5) is 26.1. The van der Waals surface area contributed by atoms with Gasteiger partial charge in [0.1, 0.15) is 5.01 Å². The van der Waals surface area contributed by atoms with E-state index >= 15 is 0 Å². The summed E-state index contributed by atoms with van der Waals surface area (Å²) in [6, 6.07) is 6.42. The topological polar surface area (TPSA) is 93.3 Å². The van der Waals surface area contributed by atoms with Crippen LogP contribution in [0.15, 0.2) is 24.3 Å². The van der Waals surface area contributed by atoms with E-state index < -0.39 is 10.9 Å². The molecule has 1 aromatic heterocycles. The van der Waals surface area contributed by atoms with E-state index in [-0.39, 0.29) is 12.1 Å². The Kier molecular flexibility index (Phi) is 4.09. The van der Waals surface area contributed by atoms with Crippen LogP contribution in [0.25, 0.3) is 0 Å². The number of carboxylic acids is 1. The van der Waals surface area contributed by atoms with Gasteiger partial charge in [-0.05, 0) is 12.5 Å².